The molecule has 5 rings (SSSR count). The molecule has 0 bridgehead atoms. The quantitative estimate of drug-likeness (QED) is 0.242. The average molecular weight is 545 g/mol. The zero-order valence-electron chi connectivity index (χ0n) is 26.5. The van der Waals surface area contributed by atoms with Crippen molar-refractivity contribution in [2.45, 2.75) is 151 Å². The minimum Gasteiger partial charge on any atom is -0.462 e. The Kier molecular flexibility index (Phi) is 7.13. The monoisotopic (exact) mass is 544 g/mol. The summed E-state index contributed by atoms with van der Waals surface area (Å²) in [7, 11) is 0. The fourth-order valence-corrected chi connectivity index (χ4v) is 11.6. The zero-order valence-corrected chi connectivity index (χ0v) is 26.5. The molecule has 0 radical (unpaired) electrons. The molecule has 5 heteroatoms. The van der Waals surface area contributed by atoms with Crippen molar-refractivity contribution in [3.8, 4) is 0 Å². The highest BCUT2D eigenvalue weighted by Gasteiger charge is 2.85. The number of rotatable bonds is 7. The normalized spacial score (nSPS) is 48.3. The van der Waals surface area contributed by atoms with Crippen LogP contribution in [-0.2, 0) is 23.8 Å². The second-order valence-corrected chi connectivity index (χ2v) is 16.2. The molecule has 222 valence electrons. The Balaban J connectivity index is 1.52. The van der Waals surface area contributed by atoms with E-state index in [1.165, 1.54) is 39.0 Å². The van der Waals surface area contributed by atoms with Gasteiger partial charge < -0.3 is 14.2 Å². The van der Waals surface area contributed by atoms with Crippen molar-refractivity contribution in [2.75, 3.05) is 0 Å². The van der Waals surface area contributed by atoms with Gasteiger partial charge in [-0.05, 0) is 73.0 Å². The van der Waals surface area contributed by atoms with E-state index in [4.69, 9.17) is 14.2 Å². The van der Waals surface area contributed by atoms with Gasteiger partial charge in [-0.3, -0.25) is 9.59 Å². The standard InChI is InChI=1S/C34H56O5/c1-20(2)12-11-13-21(3)24-14-16-32(9)29-25(37-22(4)35)18-26-30(6,7)27(38-23(5)36)15-17-31(26,8)34(29)28(39-34)19-33(24,32)10/h20-21,24-29H,11-19H2,1-10H3/t21-,24-,25+,26+,27+,28+,29+,31+,32+,33-,34+/m1/s1. The van der Waals surface area contributed by atoms with Crippen molar-refractivity contribution < 1.29 is 23.8 Å². The number of carbonyl (C=O) groups is 2. The first-order chi connectivity index (χ1) is 18.0. The third-order valence-corrected chi connectivity index (χ3v) is 13.5. The van der Waals surface area contributed by atoms with E-state index in [1.54, 1.807) is 6.92 Å². The molecule has 1 aliphatic heterocycles. The third kappa shape index (κ3) is 4.08. The summed E-state index contributed by atoms with van der Waals surface area (Å²) in [6.07, 6.45) is 10.1. The maximum Gasteiger partial charge on any atom is 0.302 e. The summed E-state index contributed by atoms with van der Waals surface area (Å²) in [4.78, 5) is 24.6. The molecule has 5 aliphatic rings. The van der Waals surface area contributed by atoms with Crippen molar-refractivity contribution in [1.82, 2.24) is 0 Å². The Hall–Kier alpha value is -1.10. The predicted octanol–water partition coefficient (Wildman–Crippen LogP) is 7.74. The lowest BCUT2D eigenvalue weighted by molar-refractivity contribution is -0.237. The molecule has 0 aromatic heterocycles. The molecule has 0 N–H and O–H groups in total. The lowest BCUT2D eigenvalue weighted by Crippen LogP contribution is -2.70. The summed E-state index contributed by atoms with van der Waals surface area (Å²) in [5.41, 5.74) is -0.297. The van der Waals surface area contributed by atoms with Crippen molar-refractivity contribution in [3.63, 3.8) is 0 Å². The number of carbonyl (C=O) groups excluding carboxylic acids is 2. The molecule has 5 fully saturated rings. The van der Waals surface area contributed by atoms with Crippen LogP contribution in [0.5, 0.6) is 0 Å². The molecular formula is C34H56O5. The summed E-state index contributed by atoms with van der Waals surface area (Å²) in [5.74, 6) is 2.18. The Bertz CT molecular complexity index is 988. The van der Waals surface area contributed by atoms with Crippen LogP contribution in [0.2, 0.25) is 0 Å². The topological polar surface area (TPSA) is 65.1 Å². The largest absolute Gasteiger partial charge is 0.462 e. The van der Waals surface area contributed by atoms with Gasteiger partial charge in [-0.2, -0.15) is 0 Å². The maximum absolute atomic E-state index is 12.6. The third-order valence-electron chi connectivity index (χ3n) is 13.5. The Labute approximate surface area is 237 Å². The van der Waals surface area contributed by atoms with Gasteiger partial charge in [-0.1, -0.05) is 74.7 Å². The minimum absolute atomic E-state index is 0.0373. The lowest BCUT2D eigenvalue weighted by Gasteiger charge is -2.67. The van der Waals surface area contributed by atoms with Gasteiger partial charge in [0.05, 0.1) is 6.10 Å². The molecule has 4 aliphatic carbocycles. The van der Waals surface area contributed by atoms with Gasteiger partial charge in [0.2, 0.25) is 0 Å². The molecule has 1 spiro atoms. The highest BCUT2D eigenvalue weighted by Crippen LogP contribution is 2.82. The molecule has 0 amide bonds. The first-order valence-electron chi connectivity index (χ1n) is 16.1. The number of fused-ring (bicyclic) bond motifs is 3. The molecule has 0 aromatic carbocycles. The van der Waals surface area contributed by atoms with Crippen LogP contribution in [0.4, 0.5) is 0 Å². The van der Waals surface area contributed by atoms with Gasteiger partial charge in [0, 0.05) is 30.6 Å². The van der Waals surface area contributed by atoms with Crippen LogP contribution in [-0.4, -0.2) is 35.9 Å². The van der Waals surface area contributed by atoms with E-state index in [1.807, 2.05) is 0 Å². The lowest BCUT2D eigenvalue weighted by atomic mass is 9.37. The number of esters is 2. The van der Waals surface area contributed by atoms with Crippen LogP contribution in [0.25, 0.3) is 0 Å². The summed E-state index contributed by atoms with van der Waals surface area (Å²) in [5, 5.41) is 0. The first kappa shape index (κ1) is 29.4. The number of ether oxygens (including phenoxy) is 3. The van der Waals surface area contributed by atoms with E-state index in [-0.39, 0.29) is 69.3 Å². The first-order valence-corrected chi connectivity index (χ1v) is 16.1. The van der Waals surface area contributed by atoms with Crippen LogP contribution in [0.1, 0.15) is 127 Å². The highest BCUT2D eigenvalue weighted by molar-refractivity contribution is 5.66. The molecule has 1 heterocycles. The van der Waals surface area contributed by atoms with Crippen molar-refractivity contribution in [3.05, 3.63) is 0 Å². The van der Waals surface area contributed by atoms with Crippen molar-refractivity contribution in [2.24, 2.45) is 51.2 Å². The van der Waals surface area contributed by atoms with Gasteiger partial charge in [0.1, 0.15) is 17.8 Å². The molecule has 11 atom stereocenters. The Morgan fingerprint density at radius 3 is 2.13 bits per heavy atom. The second kappa shape index (κ2) is 9.46. The Morgan fingerprint density at radius 2 is 1.51 bits per heavy atom. The van der Waals surface area contributed by atoms with E-state index in [2.05, 4.69) is 55.4 Å². The number of hydrogen-bond acceptors (Lipinski definition) is 5. The summed E-state index contributed by atoms with van der Waals surface area (Å²) < 4.78 is 19.3. The molecule has 39 heavy (non-hydrogen) atoms. The molecule has 0 unspecified atom stereocenters. The number of epoxide rings is 1. The molecule has 1 saturated heterocycles. The fourth-order valence-electron chi connectivity index (χ4n) is 11.6. The fraction of sp³-hybridized carbons (Fsp3) is 0.941. The average Bonchev–Trinajstić information content (AvgIpc) is 3.44. The summed E-state index contributed by atoms with van der Waals surface area (Å²) >= 11 is 0. The molecule has 5 nitrogen and oxygen atoms in total. The smallest absolute Gasteiger partial charge is 0.302 e. The van der Waals surface area contributed by atoms with E-state index >= 15 is 0 Å². The van der Waals surface area contributed by atoms with E-state index in [0.717, 1.165) is 31.6 Å². The minimum atomic E-state index is -0.265. The van der Waals surface area contributed by atoms with Gasteiger partial charge in [-0.25, -0.2) is 0 Å². The van der Waals surface area contributed by atoms with Crippen LogP contribution >= 0.6 is 0 Å². The second-order valence-electron chi connectivity index (χ2n) is 16.2. The van der Waals surface area contributed by atoms with E-state index < -0.39 is 0 Å². The van der Waals surface area contributed by atoms with Crippen LogP contribution in [0, 0.1) is 51.2 Å². The van der Waals surface area contributed by atoms with Crippen molar-refractivity contribution in [1.29, 1.82) is 0 Å². The van der Waals surface area contributed by atoms with E-state index in [0.29, 0.717) is 11.8 Å². The van der Waals surface area contributed by atoms with Crippen molar-refractivity contribution >= 4 is 11.9 Å². The van der Waals surface area contributed by atoms with Gasteiger partial charge >= 0.3 is 11.9 Å². The summed E-state index contributed by atoms with van der Waals surface area (Å²) in [6.45, 7) is 22.3. The molecule has 4 saturated carbocycles. The van der Waals surface area contributed by atoms with Gasteiger partial charge in [0.15, 0.2) is 0 Å². The maximum atomic E-state index is 12.6. The predicted molar refractivity (Wildman–Crippen MR) is 153 cm³/mol. The van der Waals surface area contributed by atoms with Crippen LogP contribution in [0.15, 0.2) is 0 Å². The molecule has 0 aromatic rings. The molecular weight excluding hydrogens is 488 g/mol. The van der Waals surface area contributed by atoms with Crippen LogP contribution in [0.3, 0.4) is 0 Å². The Morgan fingerprint density at radius 1 is 0.872 bits per heavy atom. The SMILES string of the molecule is CC(=O)O[C@H]1C[C@H]2C(C)(C)[C@@H](OC(C)=O)CC[C@]2(C)[C@]23O[C@H]2C[C@]2(C)[C@@H]([C@H](C)CCCC(C)C)CC[C@@]2(C)[C@H]13. The van der Waals surface area contributed by atoms with E-state index in [9.17, 15) is 9.59 Å². The highest BCUT2D eigenvalue weighted by atomic mass is 16.6. The van der Waals surface area contributed by atoms with Crippen LogP contribution < -0.4 is 0 Å². The number of hydrogen-bond donors (Lipinski definition) is 0. The summed E-state index contributed by atoms with van der Waals surface area (Å²) in [6, 6.07) is 0. The zero-order chi connectivity index (χ0) is 28.8. The van der Waals surface area contributed by atoms with Gasteiger partial charge in [0.25, 0.3) is 0 Å². The van der Waals surface area contributed by atoms with Gasteiger partial charge in [-0.15, -0.1) is 0 Å².